The number of hydrogen-bond acceptors (Lipinski definition) is 7. The highest BCUT2D eigenvalue weighted by Crippen LogP contribution is 2.32. The number of piperidine rings is 1. The van der Waals surface area contributed by atoms with Gasteiger partial charge >= 0.3 is 6.18 Å². The normalized spacial score (nSPS) is 14.9. The summed E-state index contributed by atoms with van der Waals surface area (Å²) in [6.07, 6.45) is -2.21. The molecule has 1 aliphatic rings. The van der Waals surface area contributed by atoms with Crippen molar-refractivity contribution in [2.24, 2.45) is 0 Å². The molecule has 4 rings (SSSR count). The van der Waals surface area contributed by atoms with Crippen LogP contribution in [0.3, 0.4) is 0 Å². The molecule has 174 valence electrons. The maximum absolute atomic E-state index is 12.9. The number of ether oxygens (including phenoxy) is 2. The first-order valence-corrected chi connectivity index (χ1v) is 10.2. The van der Waals surface area contributed by atoms with E-state index in [2.05, 4.69) is 15.1 Å². The van der Waals surface area contributed by atoms with Crippen LogP contribution in [-0.4, -0.2) is 53.2 Å². The van der Waals surface area contributed by atoms with E-state index < -0.39 is 11.9 Å². The Balaban J connectivity index is 1.39. The molecule has 8 nitrogen and oxygen atoms in total. The van der Waals surface area contributed by atoms with Gasteiger partial charge in [0.05, 0.1) is 14.2 Å². The van der Waals surface area contributed by atoms with E-state index in [9.17, 15) is 18.0 Å². The van der Waals surface area contributed by atoms with Gasteiger partial charge in [0.15, 0.2) is 11.5 Å². The molecule has 0 saturated carbocycles. The van der Waals surface area contributed by atoms with Crippen LogP contribution in [0, 0.1) is 0 Å². The lowest BCUT2D eigenvalue weighted by atomic mass is 9.96. The minimum Gasteiger partial charge on any atom is -0.493 e. The number of amides is 1. The maximum Gasteiger partial charge on any atom is 0.433 e. The number of carbonyl (C=O) groups excluding carboxylic acids is 1. The number of hydrogen-bond donors (Lipinski definition) is 0. The van der Waals surface area contributed by atoms with Crippen LogP contribution in [0.5, 0.6) is 11.5 Å². The van der Waals surface area contributed by atoms with Crippen LogP contribution in [-0.2, 0) is 6.18 Å². The highest BCUT2D eigenvalue weighted by Gasteiger charge is 2.32. The second kappa shape index (κ2) is 9.08. The zero-order chi connectivity index (χ0) is 23.6. The molecule has 0 bridgehead atoms. The molecule has 1 aliphatic heterocycles. The van der Waals surface area contributed by atoms with Crippen molar-refractivity contribution in [2.45, 2.75) is 24.9 Å². The molecule has 11 heteroatoms. The van der Waals surface area contributed by atoms with Crippen molar-refractivity contribution in [3.05, 3.63) is 53.7 Å². The topological polar surface area (TPSA) is 90.6 Å². The average Bonchev–Trinajstić information content (AvgIpc) is 3.33. The molecule has 1 aromatic carbocycles. The summed E-state index contributed by atoms with van der Waals surface area (Å²) < 4.78 is 53.9. The van der Waals surface area contributed by atoms with Gasteiger partial charge in [-0.15, -0.1) is 0 Å². The summed E-state index contributed by atoms with van der Waals surface area (Å²) >= 11 is 0. The Morgan fingerprint density at radius 1 is 1.09 bits per heavy atom. The molecule has 2 aromatic heterocycles. The first kappa shape index (κ1) is 22.6. The molecule has 33 heavy (non-hydrogen) atoms. The lowest BCUT2D eigenvalue weighted by Crippen LogP contribution is -2.38. The first-order chi connectivity index (χ1) is 15.8. The molecule has 0 spiro atoms. The Kier molecular flexibility index (Phi) is 6.21. The summed E-state index contributed by atoms with van der Waals surface area (Å²) in [5, 5.41) is 3.88. The summed E-state index contributed by atoms with van der Waals surface area (Å²) in [7, 11) is 3.04. The SMILES string of the molecule is COc1ccc(C(=O)N2CCC(c3nc(-c4ccc(C(F)(F)F)nc4)no3)CC2)cc1OC. The second-order valence-corrected chi connectivity index (χ2v) is 7.52. The fraction of sp³-hybridized carbons (Fsp3) is 0.364. The van der Waals surface area contributed by atoms with Gasteiger partial charge in [0.25, 0.3) is 5.91 Å². The van der Waals surface area contributed by atoms with Crippen molar-refractivity contribution in [3.63, 3.8) is 0 Å². The predicted octanol–water partition coefficient (Wildman–Crippen LogP) is 4.19. The van der Waals surface area contributed by atoms with E-state index in [0.717, 1.165) is 12.3 Å². The molecule has 1 fully saturated rings. The van der Waals surface area contributed by atoms with Crippen LogP contribution < -0.4 is 9.47 Å². The number of carbonyl (C=O) groups is 1. The Morgan fingerprint density at radius 2 is 1.82 bits per heavy atom. The number of benzene rings is 1. The van der Waals surface area contributed by atoms with Gasteiger partial charge in [-0.2, -0.15) is 18.2 Å². The van der Waals surface area contributed by atoms with E-state index in [1.54, 1.807) is 23.1 Å². The van der Waals surface area contributed by atoms with Crippen LogP contribution in [0.2, 0.25) is 0 Å². The number of likely N-dealkylation sites (tertiary alicyclic amines) is 1. The van der Waals surface area contributed by atoms with E-state index >= 15 is 0 Å². The van der Waals surface area contributed by atoms with Gasteiger partial charge in [-0.05, 0) is 43.2 Å². The number of rotatable bonds is 5. The summed E-state index contributed by atoms with van der Waals surface area (Å²) in [5.41, 5.74) is -0.151. The van der Waals surface area contributed by atoms with Crippen LogP contribution in [0.4, 0.5) is 13.2 Å². The van der Waals surface area contributed by atoms with Gasteiger partial charge < -0.3 is 18.9 Å². The fourth-order valence-corrected chi connectivity index (χ4v) is 3.69. The third kappa shape index (κ3) is 4.76. The Labute approximate surface area is 187 Å². The van der Waals surface area contributed by atoms with Crippen LogP contribution in [0.1, 0.15) is 40.7 Å². The summed E-state index contributed by atoms with van der Waals surface area (Å²) in [6, 6.07) is 7.17. The minimum atomic E-state index is -4.51. The summed E-state index contributed by atoms with van der Waals surface area (Å²) in [4.78, 5) is 22.4. The average molecular weight is 462 g/mol. The van der Waals surface area contributed by atoms with Crippen molar-refractivity contribution in [1.29, 1.82) is 0 Å². The highest BCUT2D eigenvalue weighted by molar-refractivity contribution is 5.95. The molecule has 1 amide bonds. The smallest absolute Gasteiger partial charge is 0.433 e. The van der Waals surface area contributed by atoms with Crippen LogP contribution in [0.25, 0.3) is 11.4 Å². The lowest BCUT2D eigenvalue weighted by molar-refractivity contribution is -0.141. The Morgan fingerprint density at radius 3 is 2.42 bits per heavy atom. The zero-order valence-electron chi connectivity index (χ0n) is 17.9. The quantitative estimate of drug-likeness (QED) is 0.562. The van der Waals surface area contributed by atoms with Gasteiger partial charge in [0.1, 0.15) is 5.69 Å². The van der Waals surface area contributed by atoms with Crippen molar-refractivity contribution in [3.8, 4) is 22.9 Å². The first-order valence-electron chi connectivity index (χ1n) is 10.2. The summed E-state index contributed by atoms with van der Waals surface area (Å²) in [5.74, 6) is 1.43. The van der Waals surface area contributed by atoms with Crippen LogP contribution in [0.15, 0.2) is 41.1 Å². The molecule has 3 aromatic rings. The molecule has 0 atom stereocenters. The third-order valence-electron chi connectivity index (χ3n) is 5.52. The van der Waals surface area contributed by atoms with E-state index in [4.69, 9.17) is 14.0 Å². The Bertz CT molecular complexity index is 1120. The van der Waals surface area contributed by atoms with Crippen molar-refractivity contribution in [1.82, 2.24) is 20.0 Å². The molecule has 1 saturated heterocycles. The fourth-order valence-electron chi connectivity index (χ4n) is 3.69. The largest absolute Gasteiger partial charge is 0.493 e. The number of aromatic nitrogens is 3. The number of halogens is 3. The Hall–Kier alpha value is -3.63. The van der Waals surface area contributed by atoms with Crippen molar-refractivity contribution in [2.75, 3.05) is 27.3 Å². The van der Waals surface area contributed by atoms with E-state index in [1.807, 2.05) is 0 Å². The molecule has 0 unspecified atom stereocenters. The minimum absolute atomic E-state index is 0.0527. The third-order valence-corrected chi connectivity index (χ3v) is 5.52. The molecular formula is C22H21F3N4O4. The monoisotopic (exact) mass is 462 g/mol. The maximum atomic E-state index is 12.9. The predicted molar refractivity (Wildman–Crippen MR) is 110 cm³/mol. The van der Waals surface area contributed by atoms with E-state index in [1.165, 1.54) is 20.3 Å². The van der Waals surface area contributed by atoms with Gasteiger partial charge in [0.2, 0.25) is 11.7 Å². The van der Waals surface area contributed by atoms with E-state index in [0.29, 0.717) is 54.4 Å². The number of methoxy groups -OCH3 is 2. The molecule has 0 N–H and O–H groups in total. The number of alkyl halides is 3. The number of pyridine rings is 1. The highest BCUT2D eigenvalue weighted by atomic mass is 19.4. The van der Waals surface area contributed by atoms with Gasteiger partial charge in [-0.3, -0.25) is 9.78 Å². The second-order valence-electron chi connectivity index (χ2n) is 7.52. The standard InChI is InChI=1S/C22H21F3N4O4/c1-31-16-5-3-14(11-17(16)32-2)21(30)29-9-7-13(8-10-29)20-27-19(28-33-20)15-4-6-18(26-12-15)22(23,24)25/h3-6,11-13H,7-10H2,1-2H3. The van der Waals surface area contributed by atoms with Gasteiger partial charge in [-0.25, -0.2) is 0 Å². The molecule has 0 radical (unpaired) electrons. The van der Waals surface area contributed by atoms with Crippen LogP contribution >= 0.6 is 0 Å². The molecule has 0 aliphatic carbocycles. The van der Waals surface area contributed by atoms with Gasteiger partial charge in [-0.1, -0.05) is 5.16 Å². The van der Waals surface area contributed by atoms with Crippen molar-refractivity contribution < 1.29 is 32.0 Å². The number of nitrogens with zero attached hydrogens (tertiary/aromatic N) is 4. The zero-order valence-corrected chi connectivity index (χ0v) is 17.9. The van der Waals surface area contributed by atoms with E-state index in [-0.39, 0.29) is 17.6 Å². The summed E-state index contributed by atoms with van der Waals surface area (Å²) in [6.45, 7) is 0.995. The lowest BCUT2D eigenvalue weighted by Gasteiger charge is -2.30. The molecule has 3 heterocycles. The van der Waals surface area contributed by atoms with Crippen molar-refractivity contribution >= 4 is 5.91 Å². The molecular weight excluding hydrogens is 441 g/mol. The van der Waals surface area contributed by atoms with Gasteiger partial charge in [0, 0.05) is 36.3 Å².